The summed E-state index contributed by atoms with van der Waals surface area (Å²) in [6.45, 7) is 3.18. The van der Waals surface area contributed by atoms with E-state index in [1.807, 2.05) is 12.3 Å². The Labute approximate surface area is 108 Å². The molecule has 1 aromatic heterocycles. The van der Waals surface area contributed by atoms with Crippen molar-refractivity contribution in [3.05, 3.63) is 42.1 Å². The van der Waals surface area contributed by atoms with Gasteiger partial charge >= 0.3 is 0 Å². The normalized spacial score (nSPS) is 21.3. The van der Waals surface area contributed by atoms with Gasteiger partial charge in [0.15, 0.2) is 0 Å². The molecular weight excluding hydrogens is 222 g/mol. The Morgan fingerprint density at radius 1 is 1.33 bits per heavy atom. The summed E-state index contributed by atoms with van der Waals surface area (Å²) in [5, 5.41) is 1.22. The fraction of sp³-hybridized carbons (Fsp3) is 0.400. The molecule has 3 rings (SSSR count). The second-order valence-corrected chi connectivity index (χ2v) is 5.17. The molecule has 1 unspecified atom stereocenters. The third-order valence-corrected chi connectivity index (χ3v) is 3.62. The van der Waals surface area contributed by atoms with E-state index in [-0.39, 0.29) is 0 Å². The van der Waals surface area contributed by atoms with Gasteiger partial charge in [-0.3, -0.25) is 9.88 Å². The van der Waals surface area contributed by atoms with Crippen molar-refractivity contribution in [2.24, 2.45) is 5.73 Å². The Morgan fingerprint density at radius 2 is 2.28 bits per heavy atom. The number of benzene rings is 1. The molecule has 2 N–H and O–H groups in total. The Balaban J connectivity index is 1.78. The van der Waals surface area contributed by atoms with E-state index in [0.717, 1.165) is 25.0 Å². The van der Waals surface area contributed by atoms with Gasteiger partial charge in [-0.25, -0.2) is 0 Å². The Kier molecular flexibility index (Phi) is 3.26. The van der Waals surface area contributed by atoms with Gasteiger partial charge in [0, 0.05) is 30.7 Å². The standard InChI is InChI=1S/C15H19N3/c16-14-4-2-8-18(11-14)10-12-5-6-15-13(9-12)3-1-7-17-15/h1,3,5-7,9,14H,2,4,8,10-11,16H2. The first kappa shape index (κ1) is 11.6. The van der Waals surface area contributed by atoms with Crippen molar-refractivity contribution in [1.82, 2.24) is 9.88 Å². The summed E-state index contributed by atoms with van der Waals surface area (Å²) in [7, 11) is 0. The summed E-state index contributed by atoms with van der Waals surface area (Å²) in [4.78, 5) is 6.80. The van der Waals surface area contributed by atoms with Crippen LogP contribution >= 0.6 is 0 Å². The maximum Gasteiger partial charge on any atom is 0.0702 e. The third-order valence-electron chi connectivity index (χ3n) is 3.62. The van der Waals surface area contributed by atoms with Gasteiger partial charge in [-0.1, -0.05) is 12.1 Å². The van der Waals surface area contributed by atoms with E-state index in [1.165, 1.54) is 23.9 Å². The number of fused-ring (bicyclic) bond motifs is 1. The first-order chi connectivity index (χ1) is 8.81. The van der Waals surface area contributed by atoms with E-state index in [2.05, 4.69) is 34.1 Å². The molecule has 0 amide bonds. The van der Waals surface area contributed by atoms with E-state index >= 15 is 0 Å². The fourth-order valence-electron chi connectivity index (χ4n) is 2.72. The number of nitrogens with zero attached hydrogens (tertiary/aromatic N) is 2. The van der Waals surface area contributed by atoms with Crippen LogP contribution in [0, 0.1) is 0 Å². The van der Waals surface area contributed by atoms with Crippen LogP contribution in [0.3, 0.4) is 0 Å². The highest BCUT2D eigenvalue weighted by atomic mass is 15.1. The molecule has 0 radical (unpaired) electrons. The van der Waals surface area contributed by atoms with Gasteiger partial charge in [-0.2, -0.15) is 0 Å². The van der Waals surface area contributed by atoms with Crippen molar-refractivity contribution in [1.29, 1.82) is 0 Å². The molecule has 2 aromatic rings. The number of pyridine rings is 1. The van der Waals surface area contributed by atoms with Gasteiger partial charge in [-0.05, 0) is 43.1 Å². The number of likely N-dealkylation sites (tertiary alicyclic amines) is 1. The summed E-state index contributed by atoms with van der Waals surface area (Å²) in [6, 6.07) is 11.0. The van der Waals surface area contributed by atoms with E-state index < -0.39 is 0 Å². The highest BCUT2D eigenvalue weighted by Gasteiger charge is 2.16. The van der Waals surface area contributed by atoms with Gasteiger partial charge in [-0.15, -0.1) is 0 Å². The monoisotopic (exact) mass is 241 g/mol. The third kappa shape index (κ3) is 2.52. The van der Waals surface area contributed by atoms with Crippen LogP contribution in [0.15, 0.2) is 36.5 Å². The number of hydrogen-bond donors (Lipinski definition) is 1. The van der Waals surface area contributed by atoms with Crippen LogP contribution in [0.4, 0.5) is 0 Å². The number of aromatic nitrogens is 1. The average molecular weight is 241 g/mol. The lowest BCUT2D eigenvalue weighted by Crippen LogP contribution is -2.42. The molecule has 0 bridgehead atoms. The van der Waals surface area contributed by atoms with Crippen LogP contribution in [0.1, 0.15) is 18.4 Å². The highest BCUT2D eigenvalue weighted by Crippen LogP contribution is 2.17. The van der Waals surface area contributed by atoms with Gasteiger partial charge in [0.25, 0.3) is 0 Å². The van der Waals surface area contributed by atoms with Gasteiger partial charge in [0.1, 0.15) is 0 Å². The first-order valence-electron chi connectivity index (χ1n) is 6.63. The Hall–Kier alpha value is -1.45. The minimum absolute atomic E-state index is 0.348. The molecule has 1 aliphatic rings. The summed E-state index contributed by atoms with van der Waals surface area (Å²) in [6.07, 6.45) is 4.22. The zero-order valence-electron chi connectivity index (χ0n) is 10.5. The predicted octanol–water partition coefficient (Wildman–Crippen LogP) is 2.16. The minimum Gasteiger partial charge on any atom is -0.327 e. The maximum absolute atomic E-state index is 6.02. The predicted molar refractivity (Wildman–Crippen MR) is 74.2 cm³/mol. The van der Waals surface area contributed by atoms with Gasteiger partial charge < -0.3 is 5.73 Å². The van der Waals surface area contributed by atoms with Crippen LogP contribution in [-0.4, -0.2) is 29.0 Å². The Bertz CT molecular complexity index is 538. The minimum atomic E-state index is 0.348. The molecule has 2 heterocycles. The van der Waals surface area contributed by atoms with Crippen molar-refractivity contribution in [2.75, 3.05) is 13.1 Å². The molecule has 1 aromatic carbocycles. The van der Waals surface area contributed by atoms with Crippen LogP contribution in [0.25, 0.3) is 10.9 Å². The SMILES string of the molecule is NC1CCCN(Cc2ccc3ncccc3c2)C1. The number of nitrogens with two attached hydrogens (primary N) is 1. The molecule has 94 valence electrons. The quantitative estimate of drug-likeness (QED) is 0.876. The van der Waals surface area contributed by atoms with Crippen LogP contribution in [0.5, 0.6) is 0 Å². The van der Waals surface area contributed by atoms with Crippen molar-refractivity contribution in [3.8, 4) is 0 Å². The average Bonchev–Trinajstić information content (AvgIpc) is 2.39. The molecule has 1 saturated heterocycles. The second-order valence-electron chi connectivity index (χ2n) is 5.17. The van der Waals surface area contributed by atoms with E-state index in [9.17, 15) is 0 Å². The largest absolute Gasteiger partial charge is 0.327 e. The topological polar surface area (TPSA) is 42.1 Å². The Morgan fingerprint density at radius 3 is 3.17 bits per heavy atom. The molecule has 3 nitrogen and oxygen atoms in total. The molecule has 1 aliphatic heterocycles. The second kappa shape index (κ2) is 5.04. The van der Waals surface area contributed by atoms with E-state index in [1.54, 1.807) is 0 Å². The molecule has 0 spiro atoms. The van der Waals surface area contributed by atoms with Crippen molar-refractivity contribution in [3.63, 3.8) is 0 Å². The number of hydrogen-bond acceptors (Lipinski definition) is 3. The van der Waals surface area contributed by atoms with Gasteiger partial charge in [0.05, 0.1) is 5.52 Å². The van der Waals surface area contributed by atoms with E-state index in [4.69, 9.17) is 5.73 Å². The van der Waals surface area contributed by atoms with E-state index in [0.29, 0.717) is 6.04 Å². The smallest absolute Gasteiger partial charge is 0.0702 e. The number of rotatable bonds is 2. The van der Waals surface area contributed by atoms with Crippen molar-refractivity contribution < 1.29 is 0 Å². The zero-order chi connectivity index (χ0) is 12.4. The molecule has 3 heteroatoms. The fourth-order valence-corrected chi connectivity index (χ4v) is 2.72. The van der Waals surface area contributed by atoms with Crippen molar-refractivity contribution in [2.45, 2.75) is 25.4 Å². The molecule has 18 heavy (non-hydrogen) atoms. The summed E-state index contributed by atoms with van der Waals surface area (Å²) >= 11 is 0. The first-order valence-corrected chi connectivity index (χ1v) is 6.63. The molecule has 1 fully saturated rings. The highest BCUT2D eigenvalue weighted by molar-refractivity contribution is 5.78. The van der Waals surface area contributed by atoms with Gasteiger partial charge in [0.2, 0.25) is 0 Å². The summed E-state index contributed by atoms with van der Waals surface area (Å²) in [5.74, 6) is 0. The molecule has 0 saturated carbocycles. The lowest BCUT2D eigenvalue weighted by molar-refractivity contribution is 0.201. The number of piperidine rings is 1. The van der Waals surface area contributed by atoms with Crippen molar-refractivity contribution >= 4 is 10.9 Å². The van der Waals surface area contributed by atoms with Crippen LogP contribution in [-0.2, 0) is 6.54 Å². The molecular formula is C15H19N3. The lowest BCUT2D eigenvalue weighted by Gasteiger charge is -2.30. The lowest BCUT2D eigenvalue weighted by atomic mass is 10.1. The summed E-state index contributed by atoms with van der Waals surface area (Å²) < 4.78 is 0. The van der Waals surface area contributed by atoms with Crippen LogP contribution < -0.4 is 5.73 Å². The van der Waals surface area contributed by atoms with Crippen LogP contribution in [0.2, 0.25) is 0 Å². The summed E-state index contributed by atoms with van der Waals surface area (Å²) in [5.41, 5.74) is 8.44. The molecule has 1 atom stereocenters. The maximum atomic E-state index is 6.02. The molecule has 0 aliphatic carbocycles. The zero-order valence-corrected chi connectivity index (χ0v) is 10.5.